The minimum absolute atomic E-state index is 0.0310. The van der Waals surface area contributed by atoms with E-state index >= 15 is 0 Å². The molecular formula is C18H20F3NO7. The Morgan fingerprint density at radius 3 is 2.14 bits per heavy atom. The van der Waals surface area contributed by atoms with Gasteiger partial charge in [0.1, 0.15) is 6.04 Å². The lowest BCUT2D eigenvalue weighted by Gasteiger charge is -2.23. The summed E-state index contributed by atoms with van der Waals surface area (Å²) in [6.07, 6.45) is -5.69. The lowest BCUT2D eigenvalue weighted by atomic mass is 9.95. The number of alkyl halides is 3. The molecule has 1 N–H and O–H groups in total. The van der Waals surface area contributed by atoms with Gasteiger partial charge in [-0.3, -0.25) is 14.4 Å². The predicted molar refractivity (Wildman–Crippen MR) is 91.2 cm³/mol. The van der Waals surface area contributed by atoms with Crippen molar-refractivity contribution in [3.63, 3.8) is 0 Å². The summed E-state index contributed by atoms with van der Waals surface area (Å²) in [5.74, 6) is -5.18. The molecule has 0 aliphatic heterocycles. The summed E-state index contributed by atoms with van der Waals surface area (Å²) in [4.78, 5) is 47.9. The van der Waals surface area contributed by atoms with E-state index in [-0.39, 0.29) is 5.56 Å². The highest BCUT2D eigenvalue weighted by atomic mass is 19.4. The minimum Gasteiger partial charge on any atom is -0.469 e. The second kappa shape index (κ2) is 10.4. The van der Waals surface area contributed by atoms with Crippen LogP contribution in [0.2, 0.25) is 0 Å². The smallest absolute Gasteiger partial charge is 0.416 e. The zero-order chi connectivity index (χ0) is 22.2. The van der Waals surface area contributed by atoms with Crippen molar-refractivity contribution in [1.29, 1.82) is 0 Å². The van der Waals surface area contributed by atoms with Crippen LogP contribution in [0.15, 0.2) is 24.3 Å². The van der Waals surface area contributed by atoms with Crippen molar-refractivity contribution < 1.29 is 46.6 Å². The minimum atomic E-state index is -4.59. The van der Waals surface area contributed by atoms with Crippen LogP contribution in [0.3, 0.4) is 0 Å². The zero-order valence-corrected chi connectivity index (χ0v) is 15.9. The molecule has 0 spiro atoms. The Morgan fingerprint density at radius 2 is 1.62 bits per heavy atom. The third-order valence-electron chi connectivity index (χ3n) is 3.91. The number of carbonyl (C=O) groups excluding carboxylic acids is 4. The van der Waals surface area contributed by atoms with Crippen LogP contribution >= 0.6 is 0 Å². The standard InChI is InChI=1S/C18H20F3NO7/c1-27-14(24)9-12(16(25)28-2)15(17(26)29-3)22-13(23)8-10-5-4-6-11(7-10)18(19,20)21/h4-7,12,15H,8-9H2,1-3H3,(H,22,23)/t12-,15-/m1/s1. The summed E-state index contributed by atoms with van der Waals surface area (Å²) in [5.41, 5.74) is -0.908. The van der Waals surface area contributed by atoms with E-state index in [1.165, 1.54) is 6.07 Å². The first kappa shape index (κ1) is 23.9. The fourth-order valence-corrected chi connectivity index (χ4v) is 2.47. The van der Waals surface area contributed by atoms with E-state index in [0.29, 0.717) is 0 Å². The van der Waals surface area contributed by atoms with Gasteiger partial charge in [-0.1, -0.05) is 18.2 Å². The third-order valence-corrected chi connectivity index (χ3v) is 3.91. The summed E-state index contributed by atoms with van der Waals surface area (Å²) in [6.45, 7) is 0. The molecule has 29 heavy (non-hydrogen) atoms. The molecule has 0 saturated carbocycles. The van der Waals surface area contributed by atoms with Gasteiger partial charge in [-0.2, -0.15) is 13.2 Å². The van der Waals surface area contributed by atoms with E-state index in [0.717, 1.165) is 39.5 Å². The van der Waals surface area contributed by atoms with Gasteiger partial charge in [0.2, 0.25) is 5.91 Å². The van der Waals surface area contributed by atoms with Crippen molar-refractivity contribution >= 4 is 23.8 Å². The van der Waals surface area contributed by atoms with Crippen LogP contribution in [0.4, 0.5) is 13.2 Å². The van der Waals surface area contributed by atoms with E-state index in [2.05, 4.69) is 19.5 Å². The van der Waals surface area contributed by atoms with E-state index in [1.807, 2.05) is 0 Å². The number of methoxy groups -OCH3 is 3. The SMILES string of the molecule is COC(=O)C[C@@H](C(=O)OC)[C@@H](NC(=O)Cc1cccc(C(F)(F)F)c1)C(=O)OC. The van der Waals surface area contributed by atoms with Crippen LogP contribution in [0.25, 0.3) is 0 Å². The first-order chi connectivity index (χ1) is 13.5. The Kier molecular flexibility index (Phi) is 8.61. The fraction of sp³-hybridized carbons (Fsp3) is 0.444. The Morgan fingerprint density at radius 1 is 1.00 bits per heavy atom. The van der Waals surface area contributed by atoms with Crippen molar-refractivity contribution in [2.75, 3.05) is 21.3 Å². The van der Waals surface area contributed by atoms with Crippen LogP contribution in [0, 0.1) is 5.92 Å². The highest BCUT2D eigenvalue weighted by Gasteiger charge is 2.38. The number of rotatable bonds is 8. The summed E-state index contributed by atoms with van der Waals surface area (Å²) in [5, 5.41) is 2.22. The highest BCUT2D eigenvalue weighted by molar-refractivity contribution is 5.91. The van der Waals surface area contributed by atoms with Gasteiger partial charge in [0.15, 0.2) is 0 Å². The predicted octanol–water partition coefficient (Wildman–Crippen LogP) is 1.26. The van der Waals surface area contributed by atoms with Gasteiger partial charge in [-0.15, -0.1) is 0 Å². The van der Waals surface area contributed by atoms with Crippen molar-refractivity contribution in [3.05, 3.63) is 35.4 Å². The fourth-order valence-electron chi connectivity index (χ4n) is 2.47. The molecule has 11 heteroatoms. The van der Waals surface area contributed by atoms with Gasteiger partial charge in [-0.05, 0) is 11.6 Å². The monoisotopic (exact) mass is 419 g/mol. The van der Waals surface area contributed by atoms with Crippen LogP contribution in [0.1, 0.15) is 17.5 Å². The second-order valence-corrected chi connectivity index (χ2v) is 5.85. The highest BCUT2D eigenvalue weighted by Crippen LogP contribution is 2.29. The maximum Gasteiger partial charge on any atom is 0.416 e. The molecule has 0 aliphatic carbocycles. The average Bonchev–Trinajstić information content (AvgIpc) is 2.68. The normalized spacial score (nSPS) is 13.0. The number of ether oxygens (including phenoxy) is 3. The molecule has 1 aromatic rings. The number of esters is 3. The summed E-state index contributed by atoms with van der Waals surface area (Å²) < 4.78 is 52.0. The average molecular weight is 419 g/mol. The number of amides is 1. The van der Waals surface area contributed by atoms with E-state index < -0.39 is 60.4 Å². The van der Waals surface area contributed by atoms with Crippen LogP contribution in [-0.2, 0) is 46.0 Å². The van der Waals surface area contributed by atoms with Gasteiger partial charge in [0, 0.05) is 0 Å². The lowest BCUT2D eigenvalue weighted by molar-refractivity contribution is -0.159. The maximum absolute atomic E-state index is 12.8. The summed E-state index contributed by atoms with van der Waals surface area (Å²) >= 11 is 0. The van der Waals surface area contributed by atoms with Gasteiger partial charge in [0.25, 0.3) is 0 Å². The van der Waals surface area contributed by atoms with Crippen molar-refractivity contribution in [3.8, 4) is 0 Å². The number of hydrogen-bond donors (Lipinski definition) is 1. The lowest BCUT2D eigenvalue weighted by Crippen LogP contribution is -2.50. The number of carbonyl (C=O) groups is 4. The Hall–Kier alpha value is -3.11. The summed E-state index contributed by atoms with van der Waals surface area (Å²) in [6, 6.07) is 2.47. The molecule has 8 nitrogen and oxygen atoms in total. The number of hydrogen-bond acceptors (Lipinski definition) is 7. The first-order valence-corrected chi connectivity index (χ1v) is 8.21. The molecule has 0 unspecified atom stereocenters. The molecule has 0 bridgehead atoms. The topological polar surface area (TPSA) is 108 Å². The Labute approximate surface area is 164 Å². The Balaban J connectivity index is 3.05. The molecule has 0 radical (unpaired) electrons. The Bertz CT molecular complexity index is 764. The molecule has 0 fully saturated rings. The van der Waals surface area contributed by atoms with Crippen LogP contribution < -0.4 is 5.32 Å². The molecule has 1 rings (SSSR count). The van der Waals surface area contributed by atoms with Crippen LogP contribution in [0.5, 0.6) is 0 Å². The van der Waals surface area contributed by atoms with Crippen molar-refractivity contribution in [2.45, 2.75) is 25.1 Å². The van der Waals surface area contributed by atoms with Gasteiger partial charge in [-0.25, -0.2) is 4.79 Å². The van der Waals surface area contributed by atoms with Gasteiger partial charge < -0.3 is 19.5 Å². The molecule has 160 valence electrons. The largest absolute Gasteiger partial charge is 0.469 e. The molecule has 0 aromatic heterocycles. The molecule has 0 saturated heterocycles. The first-order valence-electron chi connectivity index (χ1n) is 8.21. The molecule has 0 heterocycles. The van der Waals surface area contributed by atoms with Gasteiger partial charge in [0.05, 0.1) is 45.7 Å². The maximum atomic E-state index is 12.8. The summed E-state index contributed by atoms with van der Waals surface area (Å²) in [7, 11) is 3.09. The van der Waals surface area contributed by atoms with Crippen molar-refractivity contribution in [2.24, 2.45) is 5.92 Å². The van der Waals surface area contributed by atoms with E-state index in [9.17, 15) is 32.3 Å². The third kappa shape index (κ3) is 7.09. The van der Waals surface area contributed by atoms with Crippen LogP contribution in [-0.4, -0.2) is 51.2 Å². The zero-order valence-electron chi connectivity index (χ0n) is 15.9. The van der Waals surface area contributed by atoms with E-state index in [1.54, 1.807) is 0 Å². The molecule has 1 amide bonds. The molecule has 2 atom stereocenters. The number of halogens is 3. The second-order valence-electron chi connectivity index (χ2n) is 5.85. The molecule has 1 aromatic carbocycles. The number of benzene rings is 1. The number of nitrogens with one attached hydrogen (secondary N) is 1. The van der Waals surface area contributed by atoms with E-state index in [4.69, 9.17) is 0 Å². The van der Waals surface area contributed by atoms with Crippen molar-refractivity contribution in [1.82, 2.24) is 5.32 Å². The van der Waals surface area contributed by atoms with Gasteiger partial charge >= 0.3 is 24.1 Å². The molecular weight excluding hydrogens is 399 g/mol. The molecule has 0 aliphatic rings. The quantitative estimate of drug-likeness (QED) is 0.499.